The Labute approximate surface area is 222 Å². The Balaban J connectivity index is 1.50. The minimum atomic E-state index is -3.39. The molecule has 1 saturated heterocycles. The second-order valence-corrected chi connectivity index (χ2v) is 12.5. The lowest BCUT2D eigenvalue weighted by Crippen LogP contribution is -2.38. The monoisotopic (exact) mass is 591 g/mol. The van der Waals surface area contributed by atoms with Gasteiger partial charge in [0.25, 0.3) is 0 Å². The summed E-state index contributed by atoms with van der Waals surface area (Å²) in [5, 5.41) is 9.63. The number of hydrogen-bond acceptors (Lipinski definition) is 6. The van der Waals surface area contributed by atoms with E-state index in [2.05, 4.69) is 15.9 Å². The highest BCUT2D eigenvalue weighted by Gasteiger charge is 2.29. The molecule has 3 aromatic rings. The Kier molecular flexibility index (Phi) is 8.29. The van der Waals surface area contributed by atoms with Crippen LogP contribution in [-0.2, 0) is 20.6 Å². The van der Waals surface area contributed by atoms with Crippen LogP contribution in [0.1, 0.15) is 46.5 Å². The predicted octanol–water partition coefficient (Wildman–Crippen LogP) is 5.55. The van der Waals surface area contributed by atoms with Gasteiger partial charge in [0, 0.05) is 13.1 Å². The third-order valence-corrected chi connectivity index (χ3v) is 10.2. The van der Waals surface area contributed by atoms with Crippen LogP contribution in [0.25, 0.3) is 10.4 Å². The first-order valence-electron chi connectivity index (χ1n) is 11.5. The van der Waals surface area contributed by atoms with Crippen molar-refractivity contribution in [2.45, 2.75) is 31.4 Å². The SMILES string of the molecule is CC(=O)COc1c(C(=O)O)sc(-c2cccc(C3CCN(S(=O)(=O)Cc4ccccc4)CC3)c2)c1Br. The van der Waals surface area contributed by atoms with Crippen LogP contribution in [0.2, 0.25) is 0 Å². The molecule has 0 bridgehead atoms. The van der Waals surface area contributed by atoms with Crippen LogP contribution in [0.15, 0.2) is 59.1 Å². The normalized spacial score (nSPS) is 15.1. The fraction of sp³-hybridized carbons (Fsp3) is 0.308. The fourth-order valence-corrected chi connectivity index (χ4v) is 7.75. The topological polar surface area (TPSA) is 101 Å². The third kappa shape index (κ3) is 6.05. The van der Waals surface area contributed by atoms with Crippen molar-refractivity contribution in [3.63, 3.8) is 0 Å². The number of carboxylic acids is 1. The second kappa shape index (κ2) is 11.2. The molecule has 36 heavy (non-hydrogen) atoms. The summed E-state index contributed by atoms with van der Waals surface area (Å²) in [7, 11) is -3.39. The molecule has 1 fully saturated rings. The Hall–Kier alpha value is -2.53. The number of benzene rings is 2. The molecule has 0 atom stereocenters. The van der Waals surface area contributed by atoms with Crippen molar-refractivity contribution in [2.75, 3.05) is 19.7 Å². The Morgan fingerprint density at radius 3 is 2.44 bits per heavy atom. The molecular weight excluding hydrogens is 566 g/mol. The molecule has 1 aliphatic heterocycles. The number of rotatable bonds is 9. The third-order valence-electron chi connectivity index (χ3n) is 6.08. The van der Waals surface area contributed by atoms with Crippen LogP contribution in [-0.4, -0.2) is 49.3 Å². The van der Waals surface area contributed by atoms with Gasteiger partial charge in [0.05, 0.1) is 15.1 Å². The Bertz CT molecular complexity index is 1360. The molecule has 1 aliphatic rings. The van der Waals surface area contributed by atoms with E-state index in [0.717, 1.165) is 28.0 Å². The lowest BCUT2D eigenvalue weighted by Gasteiger charge is -2.31. The number of hydrogen-bond donors (Lipinski definition) is 1. The lowest BCUT2D eigenvalue weighted by molar-refractivity contribution is -0.118. The van der Waals surface area contributed by atoms with Gasteiger partial charge in [-0.1, -0.05) is 54.6 Å². The van der Waals surface area contributed by atoms with Crippen molar-refractivity contribution in [1.29, 1.82) is 0 Å². The molecule has 7 nitrogen and oxygen atoms in total. The number of aromatic carboxylic acids is 1. The van der Waals surface area contributed by atoms with Crippen LogP contribution in [0.3, 0.4) is 0 Å². The van der Waals surface area contributed by atoms with Gasteiger partial charge in [0.15, 0.2) is 16.4 Å². The van der Waals surface area contributed by atoms with Gasteiger partial charge in [-0.05, 0) is 58.3 Å². The summed E-state index contributed by atoms with van der Waals surface area (Å²) < 4.78 is 33.4. The second-order valence-electron chi connectivity index (χ2n) is 8.74. The lowest BCUT2D eigenvalue weighted by atomic mass is 9.89. The number of ketones is 1. The minimum Gasteiger partial charge on any atom is -0.483 e. The molecule has 2 heterocycles. The summed E-state index contributed by atoms with van der Waals surface area (Å²) in [6, 6.07) is 17.1. The van der Waals surface area contributed by atoms with Gasteiger partial charge in [0.1, 0.15) is 6.61 Å². The number of carbonyl (C=O) groups excluding carboxylic acids is 1. The van der Waals surface area contributed by atoms with Crippen molar-refractivity contribution >= 4 is 49.0 Å². The summed E-state index contributed by atoms with van der Waals surface area (Å²) in [6.07, 6.45) is 1.41. The van der Waals surface area contributed by atoms with Crippen molar-refractivity contribution in [2.24, 2.45) is 0 Å². The average Bonchev–Trinajstić information content (AvgIpc) is 3.19. The molecule has 0 saturated carbocycles. The highest BCUT2D eigenvalue weighted by atomic mass is 79.9. The van der Waals surface area contributed by atoms with Gasteiger partial charge >= 0.3 is 5.97 Å². The number of piperidine rings is 1. The molecule has 0 spiro atoms. The minimum absolute atomic E-state index is 0.000337. The summed E-state index contributed by atoms with van der Waals surface area (Å²) >= 11 is 4.56. The molecule has 10 heteroatoms. The zero-order chi connectivity index (χ0) is 25.9. The maximum absolute atomic E-state index is 12.9. The molecule has 0 aliphatic carbocycles. The molecule has 2 aromatic carbocycles. The number of halogens is 1. The highest BCUT2D eigenvalue weighted by Crippen LogP contribution is 2.46. The van der Waals surface area contributed by atoms with E-state index >= 15 is 0 Å². The van der Waals surface area contributed by atoms with Crippen molar-refractivity contribution < 1.29 is 27.9 Å². The van der Waals surface area contributed by atoms with Crippen LogP contribution >= 0.6 is 27.3 Å². The van der Waals surface area contributed by atoms with Crippen molar-refractivity contribution in [1.82, 2.24) is 4.31 Å². The average molecular weight is 593 g/mol. The molecule has 0 radical (unpaired) electrons. The molecule has 0 amide bonds. The van der Waals surface area contributed by atoms with E-state index < -0.39 is 16.0 Å². The summed E-state index contributed by atoms with van der Waals surface area (Å²) in [4.78, 5) is 23.9. The number of sulfonamides is 1. The zero-order valence-electron chi connectivity index (χ0n) is 19.6. The zero-order valence-corrected chi connectivity index (χ0v) is 22.9. The van der Waals surface area contributed by atoms with E-state index in [4.69, 9.17) is 4.74 Å². The van der Waals surface area contributed by atoms with Gasteiger partial charge in [-0.3, -0.25) is 4.79 Å². The maximum Gasteiger partial charge on any atom is 0.349 e. The van der Waals surface area contributed by atoms with Crippen LogP contribution < -0.4 is 4.74 Å². The molecular formula is C26H26BrNO6S2. The predicted molar refractivity (Wildman–Crippen MR) is 143 cm³/mol. The van der Waals surface area contributed by atoms with Gasteiger partial charge < -0.3 is 9.84 Å². The molecule has 4 rings (SSSR count). The summed E-state index contributed by atoms with van der Waals surface area (Å²) in [5.74, 6) is -0.976. The van der Waals surface area contributed by atoms with E-state index in [1.54, 1.807) is 4.31 Å². The van der Waals surface area contributed by atoms with Crippen LogP contribution in [0.5, 0.6) is 5.75 Å². The van der Waals surface area contributed by atoms with Crippen molar-refractivity contribution in [3.8, 4) is 16.2 Å². The highest BCUT2D eigenvalue weighted by molar-refractivity contribution is 9.10. The van der Waals surface area contributed by atoms with Gasteiger partial charge in [-0.25, -0.2) is 17.5 Å². The van der Waals surface area contributed by atoms with E-state index in [1.807, 2.05) is 54.6 Å². The first kappa shape index (κ1) is 26.5. The Morgan fingerprint density at radius 1 is 1.11 bits per heavy atom. The Morgan fingerprint density at radius 2 is 1.81 bits per heavy atom. The number of carboxylic acid groups (broad SMARTS) is 1. The van der Waals surface area contributed by atoms with E-state index in [9.17, 15) is 23.1 Å². The smallest absolute Gasteiger partial charge is 0.349 e. The first-order chi connectivity index (χ1) is 17.2. The van der Waals surface area contributed by atoms with E-state index in [1.165, 1.54) is 6.92 Å². The molecule has 0 unspecified atom stereocenters. The summed E-state index contributed by atoms with van der Waals surface area (Å²) in [6.45, 7) is 2.09. The number of ether oxygens (including phenoxy) is 1. The fourth-order valence-electron chi connectivity index (χ4n) is 4.30. The molecule has 1 N–H and O–H groups in total. The number of thiophene rings is 1. The molecule has 1 aromatic heterocycles. The van der Waals surface area contributed by atoms with Crippen LogP contribution in [0.4, 0.5) is 0 Å². The van der Waals surface area contributed by atoms with Crippen LogP contribution in [0, 0.1) is 0 Å². The largest absolute Gasteiger partial charge is 0.483 e. The number of nitrogens with zero attached hydrogens (tertiary/aromatic N) is 1. The van der Waals surface area contributed by atoms with E-state index in [0.29, 0.717) is 35.3 Å². The maximum atomic E-state index is 12.9. The quantitative estimate of drug-likeness (QED) is 0.350. The van der Waals surface area contributed by atoms with Gasteiger partial charge in [0.2, 0.25) is 10.0 Å². The summed E-state index contributed by atoms with van der Waals surface area (Å²) in [5.41, 5.74) is 2.70. The molecule has 190 valence electrons. The number of Topliss-reactive ketones (excluding diaryl/α,β-unsaturated/α-hetero) is 1. The van der Waals surface area contributed by atoms with Gasteiger partial charge in [-0.2, -0.15) is 0 Å². The van der Waals surface area contributed by atoms with E-state index in [-0.39, 0.29) is 34.7 Å². The van der Waals surface area contributed by atoms with Crippen molar-refractivity contribution in [3.05, 3.63) is 75.1 Å². The number of carbonyl (C=O) groups is 2. The van der Waals surface area contributed by atoms with Gasteiger partial charge in [-0.15, -0.1) is 11.3 Å². The first-order valence-corrected chi connectivity index (χ1v) is 14.7. The standard InChI is InChI=1S/C26H26BrNO6S2/c1-17(29)15-34-23-22(27)24(35-25(23)26(30)31)21-9-5-8-20(14-21)19-10-12-28(13-11-19)36(32,33)16-18-6-3-2-4-7-18/h2-9,14,19H,10-13,15-16H2,1H3,(H,30,31).